The molecule has 0 aliphatic heterocycles. The molecular formula is C20H24N4O2S. The largest absolute Gasteiger partial charge is 0.271 e. The Bertz CT molecular complexity index is 1030. The van der Waals surface area contributed by atoms with Crippen LogP contribution in [0.5, 0.6) is 0 Å². The van der Waals surface area contributed by atoms with Crippen LogP contribution in [0.15, 0.2) is 53.6 Å². The quantitative estimate of drug-likeness (QED) is 0.709. The minimum Gasteiger partial charge on any atom is -0.271 e. The van der Waals surface area contributed by atoms with Gasteiger partial charge >= 0.3 is 0 Å². The van der Waals surface area contributed by atoms with Crippen molar-refractivity contribution in [2.24, 2.45) is 7.05 Å². The fraction of sp³-hybridized carbons (Fsp3) is 0.300. The van der Waals surface area contributed by atoms with Crippen LogP contribution >= 0.6 is 0 Å². The molecule has 0 saturated carbocycles. The van der Waals surface area contributed by atoms with Gasteiger partial charge in [-0.25, -0.2) is 13.1 Å². The SMILES string of the molecule is Cc1ccc(C[C@@H](NS(=O)(=O)c2c(C)nn(C)c2C)c2ccccn2)cc1. The van der Waals surface area contributed by atoms with Crippen molar-refractivity contribution in [1.29, 1.82) is 0 Å². The molecule has 0 bridgehead atoms. The van der Waals surface area contributed by atoms with Gasteiger partial charge in [0, 0.05) is 13.2 Å². The molecular weight excluding hydrogens is 360 g/mol. The predicted octanol–water partition coefficient (Wildman–Crippen LogP) is 3.00. The molecule has 0 aliphatic rings. The number of aromatic nitrogens is 3. The van der Waals surface area contributed by atoms with E-state index in [0.29, 0.717) is 23.5 Å². The highest BCUT2D eigenvalue weighted by atomic mass is 32.2. The molecule has 7 heteroatoms. The summed E-state index contributed by atoms with van der Waals surface area (Å²) in [6.45, 7) is 5.48. The molecule has 0 fully saturated rings. The van der Waals surface area contributed by atoms with Crippen LogP contribution in [0.25, 0.3) is 0 Å². The maximum atomic E-state index is 13.1. The van der Waals surface area contributed by atoms with Crippen molar-refractivity contribution in [1.82, 2.24) is 19.5 Å². The fourth-order valence-corrected chi connectivity index (χ4v) is 4.79. The van der Waals surface area contributed by atoms with Gasteiger partial charge in [-0.15, -0.1) is 0 Å². The monoisotopic (exact) mass is 384 g/mol. The fourth-order valence-electron chi connectivity index (χ4n) is 3.14. The van der Waals surface area contributed by atoms with E-state index in [0.717, 1.165) is 11.1 Å². The van der Waals surface area contributed by atoms with Gasteiger partial charge in [0.15, 0.2) is 0 Å². The molecule has 0 amide bonds. The number of pyridine rings is 1. The Morgan fingerprint density at radius 1 is 1.07 bits per heavy atom. The molecule has 1 N–H and O–H groups in total. The van der Waals surface area contributed by atoms with Crippen LogP contribution in [0.1, 0.15) is 34.3 Å². The molecule has 3 aromatic rings. The maximum absolute atomic E-state index is 13.1. The number of nitrogens with zero attached hydrogens (tertiary/aromatic N) is 3. The van der Waals surface area contributed by atoms with Crippen LogP contribution in [0.2, 0.25) is 0 Å². The van der Waals surface area contributed by atoms with E-state index in [4.69, 9.17) is 0 Å². The van der Waals surface area contributed by atoms with Gasteiger partial charge < -0.3 is 0 Å². The van der Waals surface area contributed by atoms with E-state index < -0.39 is 16.1 Å². The number of sulfonamides is 1. The Labute approximate surface area is 160 Å². The Hall–Kier alpha value is -2.51. The third kappa shape index (κ3) is 4.26. The normalized spacial score (nSPS) is 12.9. The van der Waals surface area contributed by atoms with Gasteiger partial charge in [0.1, 0.15) is 4.90 Å². The molecule has 1 aromatic carbocycles. The highest BCUT2D eigenvalue weighted by Gasteiger charge is 2.28. The molecule has 0 saturated heterocycles. The average molecular weight is 385 g/mol. The van der Waals surface area contributed by atoms with E-state index in [1.54, 1.807) is 31.8 Å². The standard InChI is InChI=1S/C20H24N4O2S/c1-14-8-10-17(11-9-14)13-19(18-7-5-6-12-21-18)23-27(25,26)20-15(2)22-24(4)16(20)3/h5-12,19,23H,13H2,1-4H3/t19-/m1/s1. The van der Waals surface area contributed by atoms with Gasteiger partial charge in [0.25, 0.3) is 0 Å². The molecule has 0 radical (unpaired) electrons. The first-order valence-corrected chi connectivity index (χ1v) is 10.3. The zero-order valence-electron chi connectivity index (χ0n) is 16.0. The van der Waals surface area contributed by atoms with E-state index in [-0.39, 0.29) is 4.90 Å². The first-order chi connectivity index (χ1) is 12.8. The van der Waals surface area contributed by atoms with Gasteiger partial charge in [0.05, 0.1) is 23.1 Å². The molecule has 142 valence electrons. The minimum absolute atomic E-state index is 0.231. The maximum Gasteiger partial charge on any atom is 0.244 e. The van der Waals surface area contributed by atoms with E-state index in [1.807, 2.05) is 49.4 Å². The summed E-state index contributed by atoms with van der Waals surface area (Å²) in [6, 6.07) is 13.1. The number of hydrogen-bond acceptors (Lipinski definition) is 4. The van der Waals surface area contributed by atoms with E-state index in [1.165, 1.54) is 0 Å². The van der Waals surface area contributed by atoms with Gasteiger partial charge in [-0.3, -0.25) is 9.67 Å². The van der Waals surface area contributed by atoms with Crippen molar-refractivity contribution in [3.63, 3.8) is 0 Å². The molecule has 0 aliphatic carbocycles. The van der Waals surface area contributed by atoms with Gasteiger partial charge in [-0.05, 0) is 44.9 Å². The third-order valence-electron chi connectivity index (χ3n) is 4.61. The summed E-state index contributed by atoms with van der Waals surface area (Å²) in [6.07, 6.45) is 2.18. The average Bonchev–Trinajstić information content (AvgIpc) is 2.89. The minimum atomic E-state index is -3.75. The number of aryl methyl sites for hydroxylation is 3. The van der Waals surface area contributed by atoms with Crippen molar-refractivity contribution in [3.05, 3.63) is 76.9 Å². The zero-order valence-corrected chi connectivity index (χ0v) is 16.8. The summed E-state index contributed by atoms with van der Waals surface area (Å²) in [5.41, 5.74) is 3.97. The first-order valence-electron chi connectivity index (χ1n) is 8.77. The molecule has 1 atom stereocenters. The second kappa shape index (κ2) is 7.62. The van der Waals surface area contributed by atoms with E-state index in [2.05, 4.69) is 14.8 Å². The highest BCUT2D eigenvalue weighted by Crippen LogP contribution is 2.24. The molecule has 27 heavy (non-hydrogen) atoms. The van der Waals surface area contributed by atoms with Crippen molar-refractivity contribution in [3.8, 4) is 0 Å². The number of rotatable bonds is 6. The molecule has 0 spiro atoms. The van der Waals surface area contributed by atoms with Crippen LogP contribution in [0, 0.1) is 20.8 Å². The Morgan fingerprint density at radius 2 is 1.78 bits per heavy atom. The van der Waals surface area contributed by atoms with Crippen LogP contribution in [0.4, 0.5) is 0 Å². The summed E-state index contributed by atoms with van der Waals surface area (Å²) in [5, 5.41) is 4.23. The lowest BCUT2D eigenvalue weighted by Gasteiger charge is -2.19. The molecule has 2 heterocycles. The lowest BCUT2D eigenvalue weighted by molar-refractivity contribution is 0.548. The summed E-state index contributed by atoms with van der Waals surface area (Å²) in [7, 11) is -2.01. The molecule has 0 unspecified atom stereocenters. The van der Waals surface area contributed by atoms with Gasteiger partial charge in [0.2, 0.25) is 10.0 Å². The predicted molar refractivity (Wildman–Crippen MR) is 105 cm³/mol. The highest BCUT2D eigenvalue weighted by molar-refractivity contribution is 7.89. The summed E-state index contributed by atoms with van der Waals surface area (Å²) < 4.78 is 30.7. The Morgan fingerprint density at radius 3 is 2.33 bits per heavy atom. The van der Waals surface area contributed by atoms with Crippen molar-refractivity contribution in [2.75, 3.05) is 0 Å². The molecule has 6 nitrogen and oxygen atoms in total. The zero-order chi connectivity index (χ0) is 19.6. The second-order valence-electron chi connectivity index (χ2n) is 6.74. The van der Waals surface area contributed by atoms with Crippen molar-refractivity contribution < 1.29 is 8.42 Å². The Balaban J connectivity index is 1.97. The Kier molecular flexibility index (Phi) is 5.43. The number of nitrogens with one attached hydrogen (secondary N) is 1. The molecule has 2 aromatic heterocycles. The lowest BCUT2D eigenvalue weighted by atomic mass is 10.0. The first kappa shape index (κ1) is 19.3. The topological polar surface area (TPSA) is 76.9 Å². The summed E-state index contributed by atoms with van der Waals surface area (Å²) in [4.78, 5) is 4.60. The number of hydrogen-bond donors (Lipinski definition) is 1. The van der Waals surface area contributed by atoms with Crippen LogP contribution in [-0.4, -0.2) is 23.2 Å². The van der Waals surface area contributed by atoms with Gasteiger partial charge in [-0.1, -0.05) is 35.9 Å². The van der Waals surface area contributed by atoms with E-state index in [9.17, 15) is 8.42 Å². The number of benzene rings is 1. The van der Waals surface area contributed by atoms with Gasteiger partial charge in [-0.2, -0.15) is 5.10 Å². The smallest absolute Gasteiger partial charge is 0.244 e. The summed E-state index contributed by atoms with van der Waals surface area (Å²) >= 11 is 0. The summed E-state index contributed by atoms with van der Waals surface area (Å²) in [5.74, 6) is 0. The second-order valence-corrected chi connectivity index (χ2v) is 8.39. The van der Waals surface area contributed by atoms with Crippen molar-refractivity contribution in [2.45, 2.75) is 38.1 Å². The lowest BCUT2D eigenvalue weighted by Crippen LogP contribution is -2.31. The van der Waals surface area contributed by atoms with Crippen LogP contribution in [0.3, 0.4) is 0 Å². The van der Waals surface area contributed by atoms with Crippen LogP contribution < -0.4 is 4.72 Å². The van der Waals surface area contributed by atoms with Crippen molar-refractivity contribution >= 4 is 10.0 Å². The van der Waals surface area contributed by atoms with Crippen LogP contribution in [-0.2, 0) is 23.5 Å². The third-order valence-corrected chi connectivity index (χ3v) is 6.34. The van der Waals surface area contributed by atoms with E-state index >= 15 is 0 Å². The molecule has 3 rings (SSSR count).